The highest BCUT2D eigenvalue weighted by Gasteiger charge is 2.38. The molecular weight excluding hydrogens is 222 g/mol. The van der Waals surface area contributed by atoms with Crippen molar-refractivity contribution in [3.05, 3.63) is 0 Å². The first-order valence-electron chi connectivity index (χ1n) is 8.00. The van der Waals surface area contributed by atoms with Gasteiger partial charge in [-0.3, -0.25) is 4.90 Å². The Labute approximate surface area is 112 Å². The lowest BCUT2D eigenvalue weighted by molar-refractivity contribution is 0.0119. The minimum Gasteiger partial charge on any atom is -0.329 e. The van der Waals surface area contributed by atoms with Crippen molar-refractivity contribution in [1.29, 1.82) is 0 Å². The van der Waals surface area contributed by atoms with Gasteiger partial charge in [-0.25, -0.2) is 0 Å². The number of hydrogen-bond donors (Lipinski definition) is 1. The van der Waals surface area contributed by atoms with Gasteiger partial charge in [0.05, 0.1) is 0 Å². The number of nitrogens with zero attached hydrogens (tertiary/aromatic N) is 2. The third kappa shape index (κ3) is 2.73. The molecule has 0 aromatic rings. The summed E-state index contributed by atoms with van der Waals surface area (Å²) in [6.45, 7) is 7.30. The quantitative estimate of drug-likeness (QED) is 0.825. The van der Waals surface area contributed by atoms with Gasteiger partial charge >= 0.3 is 0 Å². The lowest BCUT2D eigenvalue weighted by atomic mass is 9.80. The van der Waals surface area contributed by atoms with Crippen molar-refractivity contribution in [3.8, 4) is 0 Å². The van der Waals surface area contributed by atoms with Gasteiger partial charge in [0.1, 0.15) is 0 Å². The fourth-order valence-electron chi connectivity index (χ4n) is 3.93. The van der Waals surface area contributed by atoms with Gasteiger partial charge in [0.2, 0.25) is 0 Å². The van der Waals surface area contributed by atoms with Crippen LogP contribution in [0.5, 0.6) is 0 Å². The second-order valence-electron chi connectivity index (χ2n) is 6.72. The van der Waals surface area contributed by atoms with E-state index in [1.54, 1.807) is 0 Å². The van der Waals surface area contributed by atoms with Crippen LogP contribution in [0.4, 0.5) is 0 Å². The van der Waals surface area contributed by atoms with Crippen LogP contribution >= 0.6 is 0 Å². The smallest absolute Gasteiger partial charge is 0.0332 e. The molecule has 2 aliphatic carbocycles. The molecule has 0 aromatic heterocycles. The van der Waals surface area contributed by atoms with Crippen molar-refractivity contribution in [2.45, 2.75) is 50.5 Å². The van der Waals surface area contributed by atoms with E-state index in [9.17, 15) is 0 Å². The normalized spacial score (nSPS) is 30.5. The molecule has 3 rings (SSSR count). The van der Waals surface area contributed by atoms with Gasteiger partial charge in [-0.1, -0.05) is 19.3 Å². The van der Waals surface area contributed by atoms with E-state index in [-0.39, 0.29) is 0 Å². The molecular formula is C15H29N3. The summed E-state index contributed by atoms with van der Waals surface area (Å²) in [7, 11) is 0. The van der Waals surface area contributed by atoms with Crippen LogP contribution in [0.15, 0.2) is 0 Å². The molecule has 3 nitrogen and oxygen atoms in total. The Balaban J connectivity index is 1.53. The molecule has 0 aromatic carbocycles. The molecule has 2 saturated carbocycles. The van der Waals surface area contributed by atoms with Gasteiger partial charge < -0.3 is 10.6 Å². The van der Waals surface area contributed by atoms with Crippen LogP contribution in [0, 0.1) is 5.92 Å². The van der Waals surface area contributed by atoms with Crippen LogP contribution in [0.25, 0.3) is 0 Å². The third-order valence-corrected chi connectivity index (χ3v) is 5.42. The summed E-state index contributed by atoms with van der Waals surface area (Å²) < 4.78 is 0. The zero-order chi connectivity index (χ0) is 12.4. The van der Waals surface area contributed by atoms with Crippen molar-refractivity contribution >= 4 is 0 Å². The average Bonchev–Trinajstić information content (AvgIpc) is 3.24. The Kier molecular flexibility index (Phi) is 3.92. The van der Waals surface area contributed by atoms with Gasteiger partial charge in [0.25, 0.3) is 0 Å². The average molecular weight is 251 g/mol. The standard InChI is InChI=1S/C15H29N3/c16-13-15(6-2-1-3-7-15)18-10-8-17(9-11-18)12-14-4-5-14/h14H,1-13,16H2. The van der Waals surface area contributed by atoms with E-state index in [4.69, 9.17) is 5.73 Å². The lowest BCUT2D eigenvalue weighted by Crippen LogP contribution is -2.61. The molecule has 3 aliphatic rings. The summed E-state index contributed by atoms with van der Waals surface area (Å²) in [5, 5.41) is 0. The van der Waals surface area contributed by atoms with Crippen LogP contribution in [0.2, 0.25) is 0 Å². The van der Waals surface area contributed by atoms with E-state index in [0.717, 1.165) is 12.5 Å². The molecule has 104 valence electrons. The van der Waals surface area contributed by atoms with Gasteiger partial charge in [-0.2, -0.15) is 0 Å². The monoisotopic (exact) mass is 251 g/mol. The molecule has 2 N–H and O–H groups in total. The third-order valence-electron chi connectivity index (χ3n) is 5.42. The Morgan fingerprint density at radius 1 is 0.944 bits per heavy atom. The first kappa shape index (κ1) is 12.9. The van der Waals surface area contributed by atoms with E-state index in [1.165, 1.54) is 77.7 Å². The van der Waals surface area contributed by atoms with Crippen LogP contribution in [0.3, 0.4) is 0 Å². The van der Waals surface area contributed by atoms with Crippen molar-refractivity contribution in [2.75, 3.05) is 39.3 Å². The van der Waals surface area contributed by atoms with E-state index in [1.807, 2.05) is 0 Å². The fraction of sp³-hybridized carbons (Fsp3) is 1.00. The highest BCUT2D eigenvalue weighted by atomic mass is 15.3. The van der Waals surface area contributed by atoms with Gasteiger partial charge in [-0.05, 0) is 31.6 Å². The van der Waals surface area contributed by atoms with Crippen LogP contribution in [-0.2, 0) is 0 Å². The lowest BCUT2D eigenvalue weighted by Gasteiger charge is -2.49. The maximum atomic E-state index is 6.14. The predicted molar refractivity (Wildman–Crippen MR) is 75.6 cm³/mol. The summed E-state index contributed by atoms with van der Waals surface area (Å²) in [4.78, 5) is 5.41. The summed E-state index contributed by atoms with van der Waals surface area (Å²) in [5.41, 5.74) is 6.50. The van der Waals surface area contributed by atoms with Crippen molar-refractivity contribution in [1.82, 2.24) is 9.80 Å². The van der Waals surface area contributed by atoms with E-state index in [2.05, 4.69) is 9.80 Å². The summed E-state index contributed by atoms with van der Waals surface area (Å²) >= 11 is 0. The van der Waals surface area contributed by atoms with E-state index in [0.29, 0.717) is 5.54 Å². The van der Waals surface area contributed by atoms with Gasteiger partial charge in [-0.15, -0.1) is 0 Å². The largest absolute Gasteiger partial charge is 0.329 e. The zero-order valence-electron chi connectivity index (χ0n) is 11.7. The molecule has 1 saturated heterocycles. The molecule has 3 fully saturated rings. The van der Waals surface area contributed by atoms with E-state index < -0.39 is 0 Å². The van der Waals surface area contributed by atoms with Crippen LogP contribution in [0.1, 0.15) is 44.9 Å². The summed E-state index contributed by atoms with van der Waals surface area (Å²) in [6, 6.07) is 0. The number of rotatable bonds is 4. The highest BCUT2D eigenvalue weighted by Crippen LogP contribution is 2.34. The zero-order valence-corrected chi connectivity index (χ0v) is 11.7. The molecule has 0 bridgehead atoms. The molecule has 0 radical (unpaired) electrons. The maximum Gasteiger partial charge on any atom is 0.0332 e. The topological polar surface area (TPSA) is 32.5 Å². The number of hydrogen-bond acceptors (Lipinski definition) is 3. The van der Waals surface area contributed by atoms with E-state index >= 15 is 0 Å². The Morgan fingerprint density at radius 2 is 1.61 bits per heavy atom. The second kappa shape index (κ2) is 5.48. The summed E-state index contributed by atoms with van der Waals surface area (Å²) in [6.07, 6.45) is 9.83. The fourth-order valence-corrected chi connectivity index (χ4v) is 3.93. The maximum absolute atomic E-state index is 6.14. The second-order valence-corrected chi connectivity index (χ2v) is 6.72. The van der Waals surface area contributed by atoms with Crippen LogP contribution in [-0.4, -0.2) is 54.6 Å². The molecule has 0 spiro atoms. The molecule has 0 atom stereocenters. The highest BCUT2D eigenvalue weighted by molar-refractivity contribution is 4.96. The van der Waals surface area contributed by atoms with Crippen molar-refractivity contribution in [3.63, 3.8) is 0 Å². The number of nitrogens with two attached hydrogens (primary N) is 1. The first-order valence-corrected chi connectivity index (χ1v) is 8.00. The molecule has 0 unspecified atom stereocenters. The molecule has 1 heterocycles. The molecule has 1 aliphatic heterocycles. The SMILES string of the molecule is NCC1(N2CCN(CC3CC3)CC2)CCCCC1. The Bertz CT molecular complexity index is 261. The Morgan fingerprint density at radius 3 is 2.17 bits per heavy atom. The molecule has 3 heteroatoms. The Hall–Kier alpha value is -0.120. The number of piperazine rings is 1. The van der Waals surface area contributed by atoms with Gasteiger partial charge in [0, 0.05) is 44.8 Å². The molecule has 18 heavy (non-hydrogen) atoms. The van der Waals surface area contributed by atoms with Crippen molar-refractivity contribution in [2.24, 2.45) is 11.7 Å². The minimum atomic E-state index is 0.365. The predicted octanol–water partition coefficient (Wildman–Crippen LogP) is 1.68. The summed E-state index contributed by atoms with van der Waals surface area (Å²) in [5.74, 6) is 1.04. The van der Waals surface area contributed by atoms with Crippen molar-refractivity contribution < 1.29 is 0 Å². The molecule has 0 amide bonds. The van der Waals surface area contributed by atoms with Crippen LogP contribution < -0.4 is 5.73 Å². The first-order chi connectivity index (χ1) is 8.82. The minimum absolute atomic E-state index is 0.365. The van der Waals surface area contributed by atoms with Gasteiger partial charge in [0.15, 0.2) is 0 Å².